The SMILES string of the molecule is CC(=O)Oc1ccc(/C=C2/Sc3nc(Cc4ccc(N5CCN(C)CC5)cc4)ncc3NC2=O)cc1. The van der Waals surface area contributed by atoms with Crippen molar-refractivity contribution in [3.63, 3.8) is 0 Å². The van der Waals surface area contributed by atoms with Gasteiger partial charge >= 0.3 is 5.97 Å². The second-order valence-electron chi connectivity index (χ2n) is 8.87. The molecular formula is C27H27N5O3S. The smallest absolute Gasteiger partial charge is 0.308 e. The average Bonchev–Trinajstić information content (AvgIpc) is 2.87. The monoisotopic (exact) mass is 501 g/mol. The first-order chi connectivity index (χ1) is 17.4. The minimum absolute atomic E-state index is 0.201. The first kappa shape index (κ1) is 24.0. The van der Waals surface area contributed by atoms with Crippen LogP contribution < -0.4 is 15.0 Å². The van der Waals surface area contributed by atoms with Gasteiger partial charge in [-0.05, 0) is 48.5 Å². The van der Waals surface area contributed by atoms with E-state index in [0.717, 1.165) is 42.3 Å². The number of likely N-dealkylation sites (N-methyl/N-ethyl adjacent to an activating group) is 1. The summed E-state index contributed by atoms with van der Waals surface area (Å²) in [5.74, 6) is 0.591. The summed E-state index contributed by atoms with van der Waals surface area (Å²) in [5, 5.41) is 3.59. The van der Waals surface area contributed by atoms with Gasteiger partial charge in [0.2, 0.25) is 0 Å². The lowest BCUT2D eigenvalue weighted by atomic mass is 10.1. The number of esters is 1. The van der Waals surface area contributed by atoms with Crippen molar-refractivity contribution in [2.24, 2.45) is 0 Å². The molecule has 1 aromatic heterocycles. The lowest BCUT2D eigenvalue weighted by molar-refractivity contribution is -0.131. The number of carbonyl (C=O) groups is 2. The summed E-state index contributed by atoms with van der Waals surface area (Å²) in [5.41, 5.74) is 3.82. The van der Waals surface area contributed by atoms with Gasteiger partial charge in [-0.3, -0.25) is 9.59 Å². The topological polar surface area (TPSA) is 87.7 Å². The van der Waals surface area contributed by atoms with Crippen LogP contribution in [0.4, 0.5) is 11.4 Å². The van der Waals surface area contributed by atoms with Gasteiger partial charge in [0.05, 0.1) is 16.8 Å². The van der Waals surface area contributed by atoms with E-state index in [1.807, 2.05) is 0 Å². The van der Waals surface area contributed by atoms with Crippen LogP contribution in [-0.4, -0.2) is 60.0 Å². The number of anilines is 2. The molecule has 9 heteroatoms. The van der Waals surface area contributed by atoms with Crippen molar-refractivity contribution in [3.05, 3.63) is 76.6 Å². The zero-order valence-electron chi connectivity index (χ0n) is 20.2. The van der Waals surface area contributed by atoms with Crippen LogP contribution >= 0.6 is 11.8 Å². The summed E-state index contributed by atoms with van der Waals surface area (Å²) in [6, 6.07) is 15.6. The van der Waals surface area contributed by atoms with Gasteiger partial charge in [-0.2, -0.15) is 0 Å². The zero-order valence-corrected chi connectivity index (χ0v) is 21.0. The Kier molecular flexibility index (Phi) is 7.02. The Morgan fingerprint density at radius 1 is 1.08 bits per heavy atom. The van der Waals surface area contributed by atoms with E-state index < -0.39 is 0 Å². The molecule has 1 amide bonds. The Hall–Kier alpha value is -3.69. The van der Waals surface area contributed by atoms with E-state index in [1.165, 1.54) is 24.4 Å². The van der Waals surface area contributed by atoms with E-state index in [0.29, 0.717) is 28.6 Å². The standard InChI is InChI=1S/C27H27N5O3S/c1-18(33)35-22-9-5-19(6-10-22)15-24-26(34)29-23-17-28-25(30-27(23)36-24)16-20-3-7-21(8-4-20)32-13-11-31(2)12-14-32/h3-10,15,17H,11-14,16H2,1-2H3,(H,29,34)/b24-15+. The Morgan fingerprint density at radius 3 is 2.50 bits per heavy atom. The Balaban J connectivity index is 1.27. The molecule has 3 aromatic rings. The summed E-state index contributed by atoms with van der Waals surface area (Å²) < 4.78 is 5.06. The molecule has 8 nitrogen and oxygen atoms in total. The number of rotatable bonds is 5. The van der Waals surface area contributed by atoms with Crippen LogP contribution in [0.1, 0.15) is 23.9 Å². The maximum absolute atomic E-state index is 12.6. The van der Waals surface area contributed by atoms with Crippen LogP contribution in [-0.2, 0) is 16.0 Å². The van der Waals surface area contributed by atoms with Crippen molar-refractivity contribution < 1.29 is 14.3 Å². The number of hydrogen-bond donors (Lipinski definition) is 1. The van der Waals surface area contributed by atoms with E-state index in [2.05, 4.69) is 51.4 Å². The molecule has 184 valence electrons. The summed E-state index contributed by atoms with van der Waals surface area (Å²) in [6.45, 7) is 5.60. The van der Waals surface area contributed by atoms with Crippen molar-refractivity contribution in [1.82, 2.24) is 14.9 Å². The molecule has 0 aliphatic carbocycles. The van der Waals surface area contributed by atoms with Crippen molar-refractivity contribution in [2.75, 3.05) is 43.4 Å². The molecule has 2 aliphatic heterocycles. The Morgan fingerprint density at radius 2 is 1.81 bits per heavy atom. The maximum atomic E-state index is 12.6. The minimum Gasteiger partial charge on any atom is -0.427 e. The third-order valence-electron chi connectivity index (χ3n) is 6.09. The maximum Gasteiger partial charge on any atom is 0.308 e. The predicted molar refractivity (Wildman–Crippen MR) is 141 cm³/mol. The minimum atomic E-state index is -0.374. The fourth-order valence-corrected chi connectivity index (χ4v) is 5.01. The van der Waals surface area contributed by atoms with E-state index in [9.17, 15) is 9.59 Å². The van der Waals surface area contributed by atoms with Gasteiger partial charge in [0.25, 0.3) is 5.91 Å². The molecular weight excluding hydrogens is 474 g/mol. The molecule has 36 heavy (non-hydrogen) atoms. The van der Waals surface area contributed by atoms with E-state index in [-0.39, 0.29) is 11.9 Å². The summed E-state index contributed by atoms with van der Waals surface area (Å²) in [7, 11) is 2.16. The second-order valence-corrected chi connectivity index (χ2v) is 9.90. The van der Waals surface area contributed by atoms with E-state index in [4.69, 9.17) is 9.72 Å². The van der Waals surface area contributed by atoms with Crippen molar-refractivity contribution in [3.8, 4) is 5.75 Å². The number of ether oxygens (including phenoxy) is 1. The van der Waals surface area contributed by atoms with Gasteiger partial charge in [0, 0.05) is 45.2 Å². The Bertz CT molecular complexity index is 1300. The van der Waals surface area contributed by atoms with Gasteiger partial charge in [0.1, 0.15) is 16.6 Å². The normalized spacial score (nSPS) is 17.0. The average molecular weight is 502 g/mol. The molecule has 2 aliphatic rings. The number of hydrogen-bond acceptors (Lipinski definition) is 8. The number of nitrogens with zero attached hydrogens (tertiary/aromatic N) is 4. The third-order valence-corrected chi connectivity index (χ3v) is 7.12. The lowest BCUT2D eigenvalue weighted by Crippen LogP contribution is -2.44. The van der Waals surface area contributed by atoms with Crippen LogP contribution in [0.2, 0.25) is 0 Å². The summed E-state index contributed by atoms with van der Waals surface area (Å²) in [4.78, 5) is 38.2. The number of fused-ring (bicyclic) bond motifs is 1. The van der Waals surface area contributed by atoms with Crippen LogP contribution in [0.15, 0.2) is 64.7 Å². The van der Waals surface area contributed by atoms with Gasteiger partial charge < -0.3 is 19.9 Å². The second kappa shape index (κ2) is 10.5. The van der Waals surface area contributed by atoms with Crippen molar-refractivity contribution in [2.45, 2.75) is 18.4 Å². The number of nitrogens with one attached hydrogen (secondary N) is 1. The number of thioether (sulfide) groups is 1. The molecule has 0 atom stereocenters. The highest BCUT2D eigenvalue weighted by Gasteiger charge is 2.23. The molecule has 1 fully saturated rings. The molecule has 0 saturated carbocycles. The van der Waals surface area contributed by atoms with Crippen LogP contribution in [0.3, 0.4) is 0 Å². The number of carbonyl (C=O) groups excluding carboxylic acids is 2. The number of piperazine rings is 1. The van der Waals surface area contributed by atoms with E-state index >= 15 is 0 Å². The molecule has 1 N–H and O–H groups in total. The summed E-state index contributed by atoms with van der Waals surface area (Å²) in [6.07, 6.45) is 4.08. The fraction of sp³-hybridized carbons (Fsp3) is 0.259. The molecule has 3 heterocycles. The predicted octanol–water partition coefficient (Wildman–Crippen LogP) is 3.83. The third kappa shape index (κ3) is 5.75. The van der Waals surface area contributed by atoms with Crippen molar-refractivity contribution in [1.29, 1.82) is 0 Å². The van der Waals surface area contributed by atoms with Crippen molar-refractivity contribution >= 4 is 41.1 Å². The fourth-order valence-electron chi connectivity index (χ4n) is 4.10. The van der Waals surface area contributed by atoms with Crippen LogP contribution in [0.5, 0.6) is 5.75 Å². The van der Waals surface area contributed by atoms with E-state index in [1.54, 1.807) is 36.5 Å². The lowest BCUT2D eigenvalue weighted by Gasteiger charge is -2.34. The summed E-state index contributed by atoms with van der Waals surface area (Å²) >= 11 is 1.32. The quantitative estimate of drug-likeness (QED) is 0.244. The number of benzene rings is 2. The molecule has 0 unspecified atom stereocenters. The zero-order chi connectivity index (χ0) is 25.1. The molecule has 0 spiro atoms. The molecule has 1 saturated heterocycles. The van der Waals surface area contributed by atoms with Gasteiger partial charge in [-0.25, -0.2) is 9.97 Å². The molecule has 0 bridgehead atoms. The molecule has 0 radical (unpaired) electrons. The van der Waals surface area contributed by atoms with Crippen LogP contribution in [0, 0.1) is 0 Å². The molecule has 2 aromatic carbocycles. The highest BCUT2D eigenvalue weighted by Crippen LogP contribution is 2.37. The highest BCUT2D eigenvalue weighted by molar-refractivity contribution is 8.04. The first-order valence-corrected chi connectivity index (χ1v) is 12.6. The number of aromatic nitrogens is 2. The largest absolute Gasteiger partial charge is 0.427 e. The van der Waals surface area contributed by atoms with Crippen LogP contribution in [0.25, 0.3) is 6.08 Å². The Labute approximate surface area is 214 Å². The van der Waals surface area contributed by atoms with Gasteiger partial charge in [-0.1, -0.05) is 36.0 Å². The van der Waals surface area contributed by atoms with Gasteiger partial charge in [0.15, 0.2) is 0 Å². The highest BCUT2D eigenvalue weighted by atomic mass is 32.2. The number of amides is 1. The first-order valence-electron chi connectivity index (χ1n) is 11.8. The van der Waals surface area contributed by atoms with Gasteiger partial charge in [-0.15, -0.1) is 0 Å². The molecule has 5 rings (SSSR count).